The topological polar surface area (TPSA) is 38.1 Å². The van der Waals surface area contributed by atoms with Gasteiger partial charge in [-0.15, -0.1) is 11.3 Å². The molecule has 1 aliphatic rings. The van der Waals surface area contributed by atoms with Crippen LogP contribution >= 0.6 is 22.9 Å². The quantitative estimate of drug-likeness (QED) is 0.841. The van der Waals surface area contributed by atoms with Gasteiger partial charge in [0.1, 0.15) is 5.82 Å². The predicted octanol–water partition coefficient (Wildman–Crippen LogP) is 4.20. The number of piperidine rings is 1. The summed E-state index contributed by atoms with van der Waals surface area (Å²) >= 11 is 7.29. The minimum Gasteiger partial charge on any atom is -0.337 e. The number of nitrogens with zero attached hydrogens (tertiary/aromatic N) is 3. The van der Waals surface area contributed by atoms with Crippen molar-refractivity contribution >= 4 is 28.8 Å². The third-order valence-electron chi connectivity index (χ3n) is 4.11. The minimum absolute atomic E-state index is 0.0873. The first-order chi connectivity index (χ1) is 10.6. The van der Waals surface area contributed by atoms with Crippen LogP contribution in [0.5, 0.6) is 0 Å². The predicted molar refractivity (Wildman–Crippen MR) is 89.8 cm³/mol. The van der Waals surface area contributed by atoms with Gasteiger partial charge in [0.2, 0.25) is 0 Å². The molecule has 1 fully saturated rings. The summed E-state index contributed by atoms with van der Waals surface area (Å²) in [6, 6.07) is 3.99. The first-order valence-electron chi connectivity index (χ1n) is 7.63. The lowest BCUT2D eigenvalue weighted by Crippen LogP contribution is -2.39. The van der Waals surface area contributed by atoms with Crippen LogP contribution in [0, 0.1) is 0 Å². The number of rotatable bonds is 3. The van der Waals surface area contributed by atoms with E-state index in [1.54, 1.807) is 6.07 Å². The van der Waals surface area contributed by atoms with Crippen molar-refractivity contribution < 1.29 is 4.79 Å². The maximum absolute atomic E-state index is 12.6. The number of hydrogen-bond acceptors (Lipinski definition) is 3. The summed E-state index contributed by atoms with van der Waals surface area (Å²) in [4.78, 5) is 19.8. The Hall–Kier alpha value is -1.33. The molecule has 3 rings (SSSR count). The molecule has 118 valence electrons. The second-order valence-corrected chi connectivity index (χ2v) is 7.70. The number of halogens is 1. The van der Waals surface area contributed by atoms with E-state index in [4.69, 9.17) is 11.6 Å². The molecule has 4 nitrogen and oxygen atoms in total. The number of thiophene rings is 1. The van der Waals surface area contributed by atoms with Crippen LogP contribution in [0.1, 0.15) is 54.1 Å². The van der Waals surface area contributed by atoms with Gasteiger partial charge in [0, 0.05) is 37.4 Å². The zero-order valence-corrected chi connectivity index (χ0v) is 14.4. The summed E-state index contributed by atoms with van der Waals surface area (Å²) in [6.07, 6.45) is 5.98. The zero-order chi connectivity index (χ0) is 15.7. The van der Waals surface area contributed by atoms with Crippen LogP contribution in [0.2, 0.25) is 4.34 Å². The lowest BCUT2D eigenvalue weighted by atomic mass is 9.96. The van der Waals surface area contributed by atoms with Crippen molar-refractivity contribution in [2.45, 2.75) is 38.6 Å². The first kappa shape index (κ1) is 15.6. The van der Waals surface area contributed by atoms with Gasteiger partial charge in [-0.05, 0) is 38.8 Å². The van der Waals surface area contributed by atoms with Gasteiger partial charge < -0.3 is 9.47 Å². The Balaban J connectivity index is 1.77. The van der Waals surface area contributed by atoms with Gasteiger partial charge in [0.15, 0.2) is 0 Å². The number of aromatic nitrogens is 2. The molecule has 2 aromatic heterocycles. The van der Waals surface area contributed by atoms with Crippen LogP contribution in [0.15, 0.2) is 24.5 Å². The molecule has 1 atom stereocenters. The maximum Gasteiger partial charge on any atom is 0.263 e. The van der Waals surface area contributed by atoms with E-state index < -0.39 is 0 Å². The number of carbonyl (C=O) groups is 1. The molecular weight excluding hydrogens is 318 g/mol. The second kappa shape index (κ2) is 6.42. The normalized spacial score (nSPS) is 18.9. The molecule has 0 N–H and O–H groups in total. The summed E-state index contributed by atoms with van der Waals surface area (Å²) in [5.74, 6) is 1.49. The molecule has 1 aliphatic heterocycles. The molecular formula is C16H20ClN3OS. The minimum atomic E-state index is 0.0873. The van der Waals surface area contributed by atoms with Crippen LogP contribution < -0.4 is 0 Å². The van der Waals surface area contributed by atoms with Crippen molar-refractivity contribution in [3.63, 3.8) is 0 Å². The van der Waals surface area contributed by atoms with Crippen molar-refractivity contribution in [2.75, 3.05) is 13.1 Å². The summed E-state index contributed by atoms with van der Waals surface area (Å²) in [5, 5.41) is 0. The smallest absolute Gasteiger partial charge is 0.263 e. The van der Waals surface area contributed by atoms with Crippen LogP contribution in [-0.2, 0) is 0 Å². The molecule has 3 heterocycles. The van der Waals surface area contributed by atoms with E-state index in [9.17, 15) is 4.79 Å². The lowest BCUT2D eigenvalue weighted by molar-refractivity contribution is 0.0708. The Labute approximate surface area is 139 Å². The fourth-order valence-electron chi connectivity index (χ4n) is 3.03. The maximum atomic E-state index is 12.6. The average Bonchev–Trinajstić information content (AvgIpc) is 3.15. The Bertz CT molecular complexity index is 664. The highest BCUT2D eigenvalue weighted by atomic mass is 35.5. The average molecular weight is 338 g/mol. The van der Waals surface area contributed by atoms with Crippen LogP contribution in [0.3, 0.4) is 0 Å². The van der Waals surface area contributed by atoms with E-state index in [-0.39, 0.29) is 5.91 Å². The van der Waals surface area contributed by atoms with Gasteiger partial charge >= 0.3 is 0 Å². The summed E-state index contributed by atoms with van der Waals surface area (Å²) in [5.41, 5.74) is 0. The second-order valence-electron chi connectivity index (χ2n) is 5.98. The third-order valence-corrected chi connectivity index (χ3v) is 5.33. The highest BCUT2D eigenvalue weighted by Gasteiger charge is 2.28. The molecule has 1 unspecified atom stereocenters. The van der Waals surface area contributed by atoms with E-state index in [0.29, 0.717) is 16.3 Å². The van der Waals surface area contributed by atoms with E-state index in [0.717, 1.165) is 36.6 Å². The largest absolute Gasteiger partial charge is 0.337 e. The Morgan fingerprint density at radius 3 is 2.95 bits per heavy atom. The van der Waals surface area contributed by atoms with Crippen molar-refractivity contribution in [1.82, 2.24) is 14.5 Å². The number of likely N-dealkylation sites (tertiary alicyclic amines) is 1. The molecule has 0 aromatic carbocycles. The van der Waals surface area contributed by atoms with Crippen LogP contribution in [-0.4, -0.2) is 33.4 Å². The molecule has 0 aliphatic carbocycles. The molecule has 1 saturated heterocycles. The van der Waals surface area contributed by atoms with Gasteiger partial charge in [0.05, 0.1) is 9.21 Å². The van der Waals surface area contributed by atoms with E-state index in [1.807, 2.05) is 23.4 Å². The highest BCUT2D eigenvalue weighted by Crippen LogP contribution is 2.30. The van der Waals surface area contributed by atoms with E-state index in [1.165, 1.54) is 11.3 Å². The fraction of sp³-hybridized carbons (Fsp3) is 0.500. The first-order valence-corrected chi connectivity index (χ1v) is 8.83. The Morgan fingerprint density at radius 1 is 1.45 bits per heavy atom. The molecule has 0 radical (unpaired) electrons. The van der Waals surface area contributed by atoms with Gasteiger partial charge in [-0.2, -0.15) is 0 Å². The standard InChI is InChI=1S/C16H20ClN3OS/c1-11(2)20-9-7-18-15(20)12-4-3-8-19(10-12)16(21)13-5-6-14(17)22-13/h5-7,9,11-12H,3-4,8,10H2,1-2H3. The van der Waals surface area contributed by atoms with Gasteiger partial charge in [-0.1, -0.05) is 11.6 Å². The van der Waals surface area contributed by atoms with E-state index >= 15 is 0 Å². The van der Waals surface area contributed by atoms with Crippen LogP contribution in [0.25, 0.3) is 0 Å². The van der Waals surface area contributed by atoms with Gasteiger partial charge in [0.25, 0.3) is 5.91 Å². The highest BCUT2D eigenvalue weighted by molar-refractivity contribution is 7.17. The molecule has 1 amide bonds. The van der Waals surface area contributed by atoms with Crippen molar-refractivity contribution in [3.05, 3.63) is 39.6 Å². The van der Waals surface area contributed by atoms with Gasteiger partial charge in [-0.25, -0.2) is 4.98 Å². The SMILES string of the molecule is CC(C)n1ccnc1C1CCCN(C(=O)c2ccc(Cl)s2)C1. The Kier molecular flexibility index (Phi) is 4.54. The van der Waals surface area contributed by atoms with Gasteiger partial charge in [-0.3, -0.25) is 4.79 Å². The molecule has 22 heavy (non-hydrogen) atoms. The summed E-state index contributed by atoms with van der Waals surface area (Å²) < 4.78 is 2.87. The zero-order valence-electron chi connectivity index (χ0n) is 12.8. The fourth-order valence-corrected chi connectivity index (χ4v) is 4.05. The number of hydrogen-bond donors (Lipinski definition) is 0. The third kappa shape index (κ3) is 3.06. The molecule has 0 bridgehead atoms. The molecule has 6 heteroatoms. The molecule has 0 spiro atoms. The summed E-state index contributed by atoms with van der Waals surface area (Å²) in [6.45, 7) is 5.86. The number of amides is 1. The van der Waals surface area contributed by atoms with Crippen molar-refractivity contribution in [3.8, 4) is 0 Å². The van der Waals surface area contributed by atoms with Crippen molar-refractivity contribution in [2.24, 2.45) is 0 Å². The number of carbonyl (C=O) groups excluding carboxylic acids is 1. The molecule has 0 saturated carbocycles. The van der Waals surface area contributed by atoms with Crippen molar-refractivity contribution in [1.29, 1.82) is 0 Å². The Morgan fingerprint density at radius 2 is 2.27 bits per heavy atom. The molecule has 2 aromatic rings. The monoisotopic (exact) mass is 337 g/mol. The lowest BCUT2D eigenvalue weighted by Gasteiger charge is -2.32. The summed E-state index contributed by atoms with van der Waals surface area (Å²) in [7, 11) is 0. The van der Waals surface area contributed by atoms with Crippen LogP contribution in [0.4, 0.5) is 0 Å². The van der Waals surface area contributed by atoms with E-state index in [2.05, 4.69) is 23.4 Å². The number of imidazole rings is 1.